The molecule has 1 unspecified atom stereocenters. The van der Waals surface area contributed by atoms with Crippen LogP contribution in [0.3, 0.4) is 0 Å². The van der Waals surface area contributed by atoms with Crippen molar-refractivity contribution in [1.29, 1.82) is 0 Å². The summed E-state index contributed by atoms with van der Waals surface area (Å²) < 4.78 is 13.5. The SMILES string of the molecule is CCCCCCCCC(OCCOc1ccccc1)(c1ccccc1)[N+](C)(C)CC.[Cl-]. The van der Waals surface area contributed by atoms with E-state index < -0.39 is 0 Å². The predicted molar refractivity (Wildman–Crippen MR) is 127 cm³/mol. The smallest absolute Gasteiger partial charge is 0.229 e. The first-order valence-corrected chi connectivity index (χ1v) is 11.8. The number of unbranched alkanes of at least 4 members (excludes halogenated alkanes) is 5. The summed E-state index contributed by atoms with van der Waals surface area (Å²) in [5.74, 6) is 0.895. The molecule has 0 aliphatic carbocycles. The van der Waals surface area contributed by atoms with Gasteiger partial charge in [-0.25, -0.2) is 0 Å². The molecule has 0 heterocycles. The second kappa shape index (κ2) is 14.5. The zero-order valence-corrected chi connectivity index (χ0v) is 20.7. The fourth-order valence-electron chi connectivity index (χ4n) is 4.11. The minimum Gasteiger partial charge on any atom is -1.00 e. The standard InChI is InChI=1S/C27H42NO2.ClH/c1-5-7-8-9-10-17-22-27(28(3,4)6-2,25-18-13-11-14-19-25)30-24-23-29-26-20-15-12-16-21-26;/h11-16,18-21H,5-10,17,22-24H2,1-4H3;1H/q+1;/p-1. The minimum atomic E-state index is -0.360. The first kappa shape index (κ1) is 27.5. The first-order valence-electron chi connectivity index (χ1n) is 11.8. The first-order chi connectivity index (χ1) is 14.6. The molecule has 0 amide bonds. The van der Waals surface area contributed by atoms with Crippen LogP contribution in [0.2, 0.25) is 0 Å². The molecule has 174 valence electrons. The van der Waals surface area contributed by atoms with Crippen molar-refractivity contribution in [1.82, 2.24) is 0 Å². The van der Waals surface area contributed by atoms with Gasteiger partial charge in [0.15, 0.2) is 0 Å². The van der Waals surface area contributed by atoms with Crippen LogP contribution in [0.5, 0.6) is 5.75 Å². The molecular weight excluding hydrogens is 406 g/mol. The summed E-state index contributed by atoms with van der Waals surface area (Å²) >= 11 is 0. The van der Waals surface area contributed by atoms with E-state index >= 15 is 0 Å². The van der Waals surface area contributed by atoms with Crippen molar-refractivity contribution in [2.75, 3.05) is 33.9 Å². The van der Waals surface area contributed by atoms with Crippen LogP contribution in [0.25, 0.3) is 0 Å². The number of hydrogen-bond donors (Lipinski definition) is 0. The highest BCUT2D eigenvalue weighted by Gasteiger charge is 2.47. The molecule has 2 aromatic rings. The lowest BCUT2D eigenvalue weighted by Gasteiger charge is -2.48. The van der Waals surface area contributed by atoms with Crippen molar-refractivity contribution in [3.8, 4) is 5.75 Å². The molecule has 0 spiro atoms. The molecule has 0 aliphatic rings. The van der Waals surface area contributed by atoms with Gasteiger partial charge in [0.1, 0.15) is 12.4 Å². The summed E-state index contributed by atoms with van der Waals surface area (Å²) in [6, 6.07) is 20.8. The van der Waals surface area contributed by atoms with E-state index in [0.717, 1.165) is 23.2 Å². The van der Waals surface area contributed by atoms with Gasteiger partial charge in [-0.3, -0.25) is 4.48 Å². The summed E-state index contributed by atoms with van der Waals surface area (Å²) in [7, 11) is 4.59. The fourth-order valence-corrected chi connectivity index (χ4v) is 4.11. The summed E-state index contributed by atoms with van der Waals surface area (Å²) in [6.07, 6.45) is 8.76. The number of hydrogen-bond acceptors (Lipinski definition) is 2. The number of para-hydroxylation sites is 1. The van der Waals surface area contributed by atoms with Crippen molar-refractivity contribution < 1.29 is 26.4 Å². The van der Waals surface area contributed by atoms with Gasteiger partial charge in [-0.15, -0.1) is 0 Å². The number of ether oxygens (including phenoxy) is 2. The van der Waals surface area contributed by atoms with Crippen LogP contribution in [-0.4, -0.2) is 38.3 Å². The van der Waals surface area contributed by atoms with Gasteiger partial charge in [-0.1, -0.05) is 87.6 Å². The molecule has 0 radical (unpaired) electrons. The number of nitrogens with zero attached hydrogens (tertiary/aromatic N) is 1. The van der Waals surface area contributed by atoms with E-state index in [4.69, 9.17) is 9.47 Å². The van der Waals surface area contributed by atoms with Crippen LogP contribution in [0, 0.1) is 0 Å². The Morgan fingerprint density at radius 3 is 1.94 bits per heavy atom. The molecule has 2 rings (SSSR count). The summed E-state index contributed by atoms with van der Waals surface area (Å²) in [5, 5.41) is 0. The lowest BCUT2D eigenvalue weighted by Crippen LogP contribution is -3.00. The third-order valence-corrected chi connectivity index (χ3v) is 6.30. The molecule has 0 saturated carbocycles. The normalized spacial score (nSPS) is 13.3. The van der Waals surface area contributed by atoms with Gasteiger partial charge in [-0.2, -0.15) is 0 Å². The van der Waals surface area contributed by atoms with Gasteiger partial charge < -0.3 is 21.9 Å². The quantitative estimate of drug-likeness (QED) is 0.235. The zero-order chi connectivity index (χ0) is 21.7. The minimum absolute atomic E-state index is 0. The Hall–Kier alpha value is -1.55. The molecule has 0 N–H and O–H groups in total. The summed E-state index contributed by atoms with van der Waals surface area (Å²) in [4.78, 5) is 0. The van der Waals surface area contributed by atoms with E-state index in [2.05, 4.69) is 58.3 Å². The largest absolute Gasteiger partial charge is 1.00 e. The Morgan fingerprint density at radius 1 is 0.742 bits per heavy atom. The molecule has 0 saturated heterocycles. The maximum Gasteiger partial charge on any atom is 0.229 e. The average Bonchev–Trinajstić information content (AvgIpc) is 2.78. The Balaban J connectivity index is 0.00000480. The maximum atomic E-state index is 6.77. The van der Waals surface area contributed by atoms with E-state index in [1.54, 1.807) is 0 Å². The fraction of sp³-hybridized carbons (Fsp3) is 0.556. The van der Waals surface area contributed by atoms with Crippen molar-refractivity contribution in [3.63, 3.8) is 0 Å². The van der Waals surface area contributed by atoms with E-state index in [1.807, 2.05) is 30.3 Å². The highest BCUT2D eigenvalue weighted by Crippen LogP contribution is 2.39. The van der Waals surface area contributed by atoms with E-state index in [-0.39, 0.29) is 18.1 Å². The predicted octanol–water partition coefficient (Wildman–Crippen LogP) is 3.79. The van der Waals surface area contributed by atoms with Gasteiger partial charge in [0.05, 0.1) is 27.2 Å². The summed E-state index contributed by atoms with van der Waals surface area (Å²) in [5.41, 5.74) is 0.908. The van der Waals surface area contributed by atoms with Crippen LogP contribution < -0.4 is 17.1 Å². The third-order valence-electron chi connectivity index (χ3n) is 6.30. The van der Waals surface area contributed by atoms with Gasteiger partial charge in [0, 0.05) is 12.0 Å². The molecule has 3 nitrogen and oxygen atoms in total. The van der Waals surface area contributed by atoms with Crippen molar-refractivity contribution >= 4 is 0 Å². The van der Waals surface area contributed by atoms with Crippen LogP contribution in [0.4, 0.5) is 0 Å². The zero-order valence-electron chi connectivity index (χ0n) is 20.0. The monoisotopic (exact) mass is 447 g/mol. The highest BCUT2D eigenvalue weighted by atomic mass is 35.5. The molecule has 0 aliphatic heterocycles. The molecule has 0 aromatic heterocycles. The highest BCUT2D eigenvalue weighted by molar-refractivity contribution is 5.21. The van der Waals surface area contributed by atoms with Gasteiger partial charge >= 0.3 is 0 Å². The van der Waals surface area contributed by atoms with Crippen LogP contribution >= 0.6 is 0 Å². The molecule has 31 heavy (non-hydrogen) atoms. The second-order valence-electron chi connectivity index (χ2n) is 8.68. The maximum absolute atomic E-state index is 6.77. The lowest BCUT2D eigenvalue weighted by atomic mass is 9.92. The van der Waals surface area contributed by atoms with Gasteiger partial charge in [0.25, 0.3) is 0 Å². The Labute approximate surface area is 196 Å². The Morgan fingerprint density at radius 2 is 1.32 bits per heavy atom. The molecular formula is C27H42ClNO2. The van der Waals surface area contributed by atoms with Crippen molar-refractivity contribution in [3.05, 3.63) is 66.2 Å². The number of benzene rings is 2. The van der Waals surface area contributed by atoms with E-state index in [1.165, 1.54) is 44.1 Å². The van der Waals surface area contributed by atoms with Crippen LogP contribution in [0.15, 0.2) is 60.7 Å². The van der Waals surface area contributed by atoms with Crippen LogP contribution in [-0.2, 0) is 10.5 Å². The third kappa shape index (κ3) is 8.14. The molecule has 0 fully saturated rings. The van der Waals surface area contributed by atoms with Crippen LogP contribution in [0.1, 0.15) is 64.4 Å². The van der Waals surface area contributed by atoms with Gasteiger partial charge in [-0.05, 0) is 25.5 Å². The summed E-state index contributed by atoms with van der Waals surface area (Å²) in [6.45, 7) is 6.65. The van der Waals surface area contributed by atoms with Crippen molar-refractivity contribution in [2.45, 2.75) is 64.5 Å². The number of quaternary nitrogens is 1. The molecule has 1 atom stereocenters. The number of halogens is 1. The van der Waals surface area contributed by atoms with Crippen molar-refractivity contribution in [2.24, 2.45) is 0 Å². The Kier molecular flexibility index (Phi) is 12.9. The molecule has 0 bridgehead atoms. The lowest BCUT2D eigenvalue weighted by molar-refractivity contribution is -0.976. The average molecular weight is 448 g/mol. The molecule has 2 aromatic carbocycles. The topological polar surface area (TPSA) is 18.5 Å². The number of rotatable bonds is 15. The molecule has 4 heteroatoms. The van der Waals surface area contributed by atoms with E-state index in [0.29, 0.717) is 13.2 Å². The van der Waals surface area contributed by atoms with Gasteiger partial charge in [0.2, 0.25) is 5.72 Å². The van der Waals surface area contributed by atoms with E-state index in [9.17, 15) is 0 Å². The second-order valence-corrected chi connectivity index (χ2v) is 8.68. The Bertz CT molecular complexity index is 693.